The van der Waals surface area contributed by atoms with E-state index in [9.17, 15) is 13.2 Å². The molecule has 1 aliphatic heterocycles. The first kappa shape index (κ1) is 19.6. The van der Waals surface area contributed by atoms with Crippen molar-refractivity contribution in [2.45, 2.75) is 52.0 Å². The Morgan fingerprint density at radius 1 is 1.04 bits per heavy atom. The number of hydrogen-bond donors (Lipinski definition) is 0. The van der Waals surface area contributed by atoms with E-state index >= 15 is 0 Å². The normalized spacial score (nSPS) is 18.6. The van der Waals surface area contributed by atoms with Gasteiger partial charge in [0.05, 0.1) is 16.8 Å². The molecule has 0 spiro atoms. The zero-order valence-corrected chi connectivity index (χ0v) is 15.7. The van der Waals surface area contributed by atoms with Crippen LogP contribution < -0.4 is 10.2 Å². The quantitative estimate of drug-likeness (QED) is 0.757. The summed E-state index contributed by atoms with van der Waals surface area (Å²) in [6.07, 6.45) is -3.21. The minimum atomic E-state index is -4.63. The molecule has 5 nitrogen and oxygen atoms in total. The van der Waals surface area contributed by atoms with Gasteiger partial charge in [-0.2, -0.15) is 13.2 Å². The van der Waals surface area contributed by atoms with Crippen LogP contribution in [-0.4, -0.2) is 28.3 Å². The lowest BCUT2D eigenvalue weighted by molar-refractivity contribution is -0.138. The van der Waals surface area contributed by atoms with Gasteiger partial charge in [0, 0.05) is 11.9 Å². The fraction of sp³-hybridized carbons (Fsp3) is 0.444. The number of aromatic nitrogens is 2. The first-order valence-corrected chi connectivity index (χ1v) is 8.43. The number of halogens is 3. The molecule has 0 saturated carbocycles. The second kappa shape index (κ2) is 6.49. The number of alkyl halides is 3. The molecule has 0 amide bonds. The molecule has 1 fully saturated rings. The van der Waals surface area contributed by atoms with Crippen LogP contribution in [0.5, 0.6) is 11.8 Å². The van der Waals surface area contributed by atoms with Gasteiger partial charge in [-0.25, -0.2) is 9.97 Å². The SMILES string of the molecule is Cc1ccnc(Oc2ccc(B3OC(C)(C)C(C)(C)O3)cc2C(F)(F)F)n1. The predicted molar refractivity (Wildman–Crippen MR) is 94.0 cm³/mol. The fourth-order valence-corrected chi connectivity index (χ4v) is 2.56. The van der Waals surface area contributed by atoms with Crippen LogP contribution in [0.3, 0.4) is 0 Å². The second-order valence-corrected chi connectivity index (χ2v) is 7.42. The van der Waals surface area contributed by atoms with E-state index in [4.69, 9.17) is 14.0 Å². The highest BCUT2D eigenvalue weighted by molar-refractivity contribution is 6.62. The van der Waals surface area contributed by atoms with Gasteiger partial charge in [-0.3, -0.25) is 0 Å². The van der Waals surface area contributed by atoms with Crippen molar-refractivity contribution in [3.05, 3.63) is 41.7 Å². The lowest BCUT2D eigenvalue weighted by atomic mass is 9.78. The minimum Gasteiger partial charge on any atom is -0.424 e. The topological polar surface area (TPSA) is 53.5 Å². The Labute approximate surface area is 156 Å². The van der Waals surface area contributed by atoms with Crippen molar-refractivity contribution in [1.82, 2.24) is 9.97 Å². The standard InChI is InChI=1S/C18H20BF3N2O3/c1-11-8-9-23-15(24-11)25-14-7-6-12(10-13(14)18(20,21)22)19-26-16(2,3)17(4,5)27-19/h6-10H,1-5H3. The summed E-state index contributed by atoms with van der Waals surface area (Å²) >= 11 is 0. The molecule has 0 radical (unpaired) electrons. The lowest BCUT2D eigenvalue weighted by Crippen LogP contribution is -2.41. The van der Waals surface area contributed by atoms with Gasteiger partial charge in [0.25, 0.3) is 0 Å². The Bertz CT molecular complexity index is 840. The van der Waals surface area contributed by atoms with Crippen LogP contribution in [0.25, 0.3) is 0 Å². The van der Waals surface area contributed by atoms with Crippen molar-refractivity contribution in [1.29, 1.82) is 0 Å². The number of ether oxygens (including phenoxy) is 1. The zero-order valence-electron chi connectivity index (χ0n) is 15.7. The summed E-state index contributed by atoms with van der Waals surface area (Å²) in [5.74, 6) is -0.381. The van der Waals surface area contributed by atoms with Gasteiger partial charge in [-0.15, -0.1) is 0 Å². The highest BCUT2D eigenvalue weighted by atomic mass is 19.4. The van der Waals surface area contributed by atoms with Crippen LogP contribution in [-0.2, 0) is 15.5 Å². The largest absolute Gasteiger partial charge is 0.494 e. The summed E-state index contributed by atoms with van der Waals surface area (Å²) < 4.78 is 57.8. The third-order valence-corrected chi connectivity index (χ3v) is 4.81. The molecule has 2 heterocycles. The van der Waals surface area contributed by atoms with Gasteiger partial charge in [-0.05, 0) is 58.3 Å². The molecule has 1 aliphatic rings. The molecular formula is C18H20BF3N2O3. The maximum atomic E-state index is 13.6. The maximum absolute atomic E-state index is 13.6. The molecule has 0 N–H and O–H groups in total. The van der Waals surface area contributed by atoms with E-state index in [0.717, 1.165) is 6.07 Å². The van der Waals surface area contributed by atoms with E-state index < -0.39 is 30.1 Å². The van der Waals surface area contributed by atoms with E-state index in [1.165, 1.54) is 18.3 Å². The van der Waals surface area contributed by atoms with Crippen LogP contribution >= 0.6 is 0 Å². The fourth-order valence-electron chi connectivity index (χ4n) is 2.56. The molecule has 9 heteroatoms. The predicted octanol–water partition coefficient (Wildman–Crippen LogP) is 3.90. The molecule has 0 atom stereocenters. The molecule has 0 unspecified atom stereocenters. The second-order valence-electron chi connectivity index (χ2n) is 7.42. The smallest absolute Gasteiger partial charge is 0.424 e. The molecule has 2 aromatic rings. The van der Waals surface area contributed by atoms with Crippen LogP contribution in [0.15, 0.2) is 30.5 Å². The van der Waals surface area contributed by atoms with Crippen LogP contribution in [0.2, 0.25) is 0 Å². The Hall–Kier alpha value is -2.13. The van der Waals surface area contributed by atoms with E-state index in [1.54, 1.807) is 13.0 Å². The molecule has 1 aromatic heterocycles. The zero-order chi connectivity index (χ0) is 20.0. The van der Waals surface area contributed by atoms with Crippen molar-refractivity contribution < 1.29 is 27.2 Å². The summed E-state index contributed by atoms with van der Waals surface area (Å²) in [4.78, 5) is 7.83. The van der Waals surface area contributed by atoms with E-state index in [0.29, 0.717) is 5.69 Å². The highest BCUT2D eigenvalue weighted by Crippen LogP contribution is 2.39. The summed E-state index contributed by atoms with van der Waals surface area (Å²) in [5, 5.41) is 0. The number of aryl methyl sites for hydroxylation is 1. The van der Waals surface area contributed by atoms with E-state index in [-0.39, 0.29) is 17.2 Å². The van der Waals surface area contributed by atoms with Crippen LogP contribution in [0, 0.1) is 6.92 Å². The molecule has 27 heavy (non-hydrogen) atoms. The maximum Gasteiger partial charge on any atom is 0.494 e. The van der Waals surface area contributed by atoms with Crippen molar-refractivity contribution in [3.8, 4) is 11.8 Å². The van der Waals surface area contributed by atoms with Gasteiger partial charge in [-0.1, -0.05) is 6.07 Å². The van der Waals surface area contributed by atoms with Crippen molar-refractivity contribution in [2.24, 2.45) is 0 Å². The van der Waals surface area contributed by atoms with Gasteiger partial charge < -0.3 is 14.0 Å². The Balaban J connectivity index is 1.96. The molecule has 1 aromatic carbocycles. The molecular weight excluding hydrogens is 360 g/mol. The van der Waals surface area contributed by atoms with Crippen molar-refractivity contribution >= 4 is 12.6 Å². The van der Waals surface area contributed by atoms with Crippen molar-refractivity contribution in [2.75, 3.05) is 0 Å². The van der Waals surface area contributed by atoms with Crippen LogP contribution in [0.1, 0.15) is 39.0 Å². The number of benzene rings is 1. The number of rotatable bonds is 3. The van der Waals surface area contributed by atoms with Crippen molar-refractivity contribution in [3.63, 3.8) is 0 Å². The third kappa shape index (κ3) is 3.94. The molecule has 3 rings (SSSR count). The Kier molecular flexibility index (Phi) is 4.72. The Morgan fingerprint density at radius 2 is 1.67 bits per heavy atom. The van der Waals surface area contributed by atoms with E-state index in [2.05, 4.69) is 9.97 Å². The average molecular weight is 380 g/mol. The summed E-state index contributed by atoms with van der Waals surface area (Å²) in [6.45, 7) is 9.05. The number of hydrogen-bond acceptors (Lipinski definition) is 5. The highest BCUT2D eigenvalue weighted by Gasteiger charge is 2.52. The average Bonchev–Trinajstić information content (AvgIpc) is 2.75. The minimum absolute atomic E-state index is 0.149. The van der Waals surface area contributed by atoms with Gasteiger partial charge in [0.2, 0.25) is 0 Å². The molecule has 0 bridgehead atoms. The third-order valence-electron chi connectivity index (χ3n) is 4.81. The number of nitrogens with zero attached hydrogens (tertiary/aromatic N) is 2. The molecule has 1 saturated heterocycles. The lowest BCUT2D eigenvalue weighted by Gasteiger charge is -2.32. The van der Waals surface area contributed by atoms with Gasteiger partial charge in [0.1, 0.15) is 5.75 Å². The summed E-state index contributed by atoms with van der Waals surface area (Å²) in [5.41, 5.74) is -1.40. The Morgan fingerprint density at radius 3 is 2.22 bits per heavy atom. The van der Waals surface area contributed by atoms with E-state index in [1.807, 2.05) is 27.7 Å². The molecule has 144 valence electrons. The van der Waals surface area contributed by atoms with Crippen LogP contribution in [0.4, 0.5) is 13.2 Å². The van der Waals surface area contributed by atoms with Gasteiger partial charge >= 0.3 is 19.3 Å². The molecule has 0 aliphatic carbocycles. The van der Waals surface area contributed by atoms with Gasteiger partial charge in [0.15, 0.2) is 0 Å². The first-order chi connectivity index (χ1) is 12.4. The summed E-state index contributed by atoms with van der Waals surface area (Å²) in [6, 6.07) is 5.17. The summed E-state index contributed by atoms with van der Waals surface area (Å²) in [7, 11) is -0.902. The first-order valence-electron chi connectivity index (χ1n) is 8.43. The monoisotopic (exact) mass is 380 g/mol.